The Balaban J connectivity index is 1.52. The van der Waals surface area contributed by atoms with E-state index in [1.165, 1.54) is 6.21 Å². The van der Waals surface area contributed by atoms with Crippen LogP contribution in [0.3, 0.4) is 0 Å². The molecule has 5 nitrogen and oxygen atoms in total. The average molecular weight is 409 g/mol. The lowest BCUT2D eigenvalue weighted by Crippen LogP contribution is -2.18. The van der Waals surface area contributed by atoms with Gasteiger partial charge in [-0.2, -0.15) is 10.2 Å². The predicted molar refractivity (Wildman–Crippen MR) is 113 cm³/mol. The van der Waals surface area contributed by atoms with Gasteiger partial charge in [0.2, 0.25) is 0 Å². The number of H-pyrrole nitrogens is 1. The van der Waals surface area contributed by atoms with Crippen LogP contribution in [-0.4, -0.2) is 22.3 Å². The molecule has 4 rings (SSSR count). The summed E-state index contributed by atoms with van der Waals surface area (Å²) in [6.07, 6.45) is 1.46. The van der Waals surface area contributed by atoms with Crippen molar-refractivity contribution in [1.29, 1.82) is 0 Å². The van der Waals surface area contributed by atoms with E-state index in [0.717, 1.165) is 16.3 Å². The van der Waals surface area contributed by atoms with Gasteiger partial charge in [0, 0.05) is 16.1 Å². The second-order valence-corrected chi connectivity index (χ2v) is 6.90. The summed E-state index contributed by atoms with van der Waals surface area (Å²) in [4.78, 5) is 12.3. The van der Waals surface area contributed by atoms with E-state index in [1.807, 2.05) is 42.5 Å². The number of halogens is 2. The largest absolute Gasteiger partial charge is 0.289 e. The van der Waals surface area contributed by atoms with E-state index in [-0.39, 0.29) is 0 Å². The fourth-order valence-corrected chi connectivity index (χ4v) is 3.31. The first-order chi connectivity index (χ1) is 13.6. The number of aromatic amines is 1. The Morgan fingerprint density at radius 1 is 1.04 bits per heavy atom. The normalized spacial score (nSPS) is 11.2. The van der Waals surface area contributed by atoms with Crippen LogP contribution in [0.25, 0.3) is 22.0 Å². The molecule has 0 radical (unpaired) electrons. The van der Waals surface area contributed by atoms with Crippen LogP contribution in [0, 0.1) is 0 Å². The van der Waals surface area contributed by atoms with Crippen molar-refractivity contribution in [2.24, 2.45) is 5.10 Å². The van der Waals surface area contributed by atoms with Gasteiger partial charge in [0.15, 0.2) is 0 Å². The first-order valence-electron chi connectivity index (χ1n) is 8.44. The van der Waals surface area contributed by atoms with Gasteiger partial charge in [-0.25, -0.2) is 5.43 Å². The maximum Gasteiger partial charge on any atom is 0.289 e. The van der Waals surface area contributed by atoms with E-state index in [9.17, 15) is 4.79 Å². The Labute approximate surface area is 171 Å². The molecule has 7 heteroatoms. The molecule has 1 amide bonds. The molecule has 28 heavy (non-hydrogen) atoms. The smallest absolute Gasteiger partial charge is 0.272 e. The summed E-state index contributed by atoms with van der Waals surface area (Å²) in [5.74, 6) is -0.402. The second kappa shape index (κ2) is 7.84. The van der Waals surface area contributed by atoms with Crippen molar-refractivity contribution in [3.05, 3.63) is 88.0 Å². The molecule has 1 aromatic heterocycles. The third-order valence-electron chi connectivity index (χ3n) is 4.22. The summed E-state index contributed by atoms with van der Waals surface area (Å²) >= 11 is 11.9. The van der Waals surface area contributed by atoms with Crippen molar-refractivity contribution < 1.29 is 4.79 Å². The Bertz CT molecular complexity index is 1190. The molecule has 0 saturated heterocycles. The van der Waals surface area contributed by atoms with Crippen LogP contribution in [-0.2, 0) is 0 Å². The Kier molecular flexibility index (Phi) is 5.10. The Hall–Kier alpha value is -3.15. The highest BCUT2D eigenvalue weighted by Gasteiger charge is 2.12. The molecular weight excluding hydrogens is 395 g/mol. The molecule has 0 spiro atoms. The van der Waals surface area contributed by atoms with Gasteiger partial charge in [-0.05, 0) is 29.0 Å². The molecule has 138 valence electrons. The molecule has 0 saturated carbocycles. The topological polar surface area (TPSA) is 70.1 Å². The number of hydrazone groups is 1. The molecule has 0 bridgehead atoms. The van der Waals surface area contributed by atoms with Crippen LogP contribution in [0.4, 0.5) is 0 Å². The minimum atomic E-state index is -0.402. The highest BCUT2D eigenvalue weighted by Crippen LogP contribution is 2.27. The van der Waals surface area contributed by atoms with Gasteiger partial charge in [0.1, 0.15) is 5.69 Å². The van der Waals surface area contributed by atoms with Crippen LogP contribution in [0.15, 0.2) is 71.8 Å². The summed E-state index contributed by atoms with van der Waals surface area (Å²) < 4.78 is 0. The molecule has 4 aromatic rings. The summed E-state index contributed by atoms with van der Waals surface area (Å²) in [6, 6.07) is 20.7. The van der Waals surface area contributed by atoms with Gasteiger partial charge in [0.05, 0.1) is 16.9 Å². The SMILES string of the molecule is O=C(N/N=C\c1ccc(Cl)cc1Cl)c1cc(-c2cccc3ccccc23)n[nH]1. The lowest BCUT2D eigenvalue weighted by atomic mass is 10.0. The zero-order valence-corrected chi connectivity index (χ0v) is 16.0. The molecule has 0 unspecified atom stereocenters. The number of benzene rings is 3. The van der Waals surface area contributed by atoms with E-state index < -0.39 is 5.91 Å². The van der Waals surface area contributed by atoms with Gasteiger partial charge < -0.3 is 0 Å². The maximum atomic E-state index is 12.3. The first-order valence-corrected chi connectivity index (χ1v) is 9.19. The molecular formula is C21H14Cl2N4O. The standard InChI is InChI=1S/C21H14Cl2N4O/c22-15-9-8-14(18(23)10-15)12-24-27-21(28)20-11-19(25-26-20)17-7-3-5-13-4-1-2-6-16(13)17/h1-12H,(H,25,26)(H,27,28)/b24-12-. The molecule has 1 heterocycles. The number of nitrogens with one attached hydrogen (secondary N) is 2. The maximum absolute atomic E-state index is 12.3. The van der Waals surface area contributed by atoms with Crippen molar-refractivity contribution in [2.45, 2.75) is 0 Å². The third-order valence-corrected chi connectivity index (χ3v) is 4.78. The van der Waals surface area contributed by atoms with E-state index in [4.69, 9.17) is 23.2 Å². The van der Waals surface area contributed by atoms with E-state index in [0.29, 0.717) is 27.0 Å². The third kappa shape index (κ3) is 3.76. The summed E-state index contributed by atoms with van der Waals surface area (Å²) in [7, 11) is 0. The highest BCUT2D eigenvalue weighted by molar-refractivity contribution is 6.36. The highest BCUT2D eigenvalue weighted by atomic mass is 35.5. The fraction of sp³-hybridized carbons (Fsp3) is 0. The van der Waals surface area contributed by atoms with Crippen LogP contribution in [0.5, 0.6) is 0 Å². The first kappa shape index (κ1) is 18.2. The van der Waals surface area contributed by atoms with Crippen LogP contribution >= 0.6 is 23.2 Å². The summed E-state index contributed by atoms with van der Waals surface area (Å²) in [5, 5.41) is 14.1. The van der Waals surface area contributed by atoms with E-state index >= 15 is 0 Å². The number of carbonyl (C=O) groups excluding carboxylic acids is 1. The van der Waals surface area contributed by atoms with E-state index in [1.54, 1.807) is 24.3 Å². The molecule has 0 atom stereocenters. The quantitative estimate of drug-likeness (QED) is 0.355. The number of fused-ring (bicyclic) bond motifs is 1. The zero-order chi connectivity index (χ0) is 19.5. The molecule has 2 N–H and O–H groups in total. The van der Waals surface area contributed by atoms with Crippen molar-refractivity contribution in [1.82, 2.24) is 15.6 Å². The number of hydrogen-bond acceptors (Lipinski definition) is 3. The van der Waals surface area contributed by atoms with Crippen molar-refractivity contribution in [3.8, 4) is 11.3 Å². The lowest BCUT2D eigenvalue weighted by molar-refractivity contribution is 0.0950. The number of hydrogen-bond donors (Lipinski definition) is 2. The van der Waals surface area contributed by atoms with Crippen LogP contribution in [0.2, 0.25) is 10.0 Å². The number of amides is 1. The predicted octanol–water partition coefficient (Wildman–Crippen LogP) is 5.30. The Morgan fingerprint density at radius 2 is 1.86 bits per heavy atom. The number of carbonyl (C=O) groups is 1. The monoisotopic (exact) mass is 408 g/mol. The van der Waals surface area contributed by atoms with Crippen LogP contribution < -0.4 is 5.43 Å². The van der Waals surface area contributed by atoms with E-state index in [2.05, 4.69) is 20.7 Å². The minimum absolute atomic E-state index is 0.308. The minimum Gasteiger partial charge on any atom is -0.272 e. The van der Waals surface area contributed by atoms with Crippen LogP contribution in [0.1, 0.15) is 16.1 Å². The molecule has 0 aliphatic heterocycles. The zero-order valence-electron chi connectivity index (χ0n) is 14.5. The molecule has 0 aliphatic carbocycles. The second-order valence-electron chi connectivity index (χ2n) is 6.06. The fourth-order valence-electron chi connectivity index (χ4n) is 2.85. The summed E-state index contributed by atoms with van der Waals surface area (Å²) in [6.45, 7) is 0. The number of rotatable bonds is 4. The van der Waals surface area contributed by atoms with Gasteiger partial charge in [-0.3, -0.25) is 9.89 Å². The van der Waals surface area contributed by atoms with Crippen molar-refractivity contribution in [3.63, 3.8) is 0 Å². The summed E-state index contributed by atoms with van der Waals surface area (Å²) in [5.41, 5.74) is 5.05. The average Bonchev–Trinajstić information content (AvgIpc) is 3.19. The number of aromatic nitrogens is 2. The lowest BCUT2D eigenvalue weighted by Gasteiger charge is -2.02. The number of nitrogens with zero attached hydrogens (tertiary/aromatic N) is 2. The van der Waals surface area contributed by atoms with Gasteiger partial charge >= 0.3 is 0 Å². The van der Waals surface area contributed by atoms with Gasteiger partial charge in [-0.1, -0.05) is 71.7 Å². The molecule has 3 aromatic carbocycles. The van der Waals surface area contributed by atoms with Gasteiger partial charge in [0.25, 0.3) is 5.91 Å². The molecule has 0 fully saturated rings. The van der Waals surface area contributed by atoms with Crippen molar-refractivity contribution in [2.75, 3.05) is 0 Å². The molecule has 0 aliphatic rings. The van der Waals surface area contributed by atoms with Gasteiger partial charge in [-0.15, -0.1) is 0 Å². The Morgan fingerprint density at radius 3 is 2.71 bits per heavy atom. The van der Waals surface area contributed by atoms with Crippen molar-refractivity contribution >= 4 is 46.1 Å².